The zero-order valence-electron chi connectivity index (χ0n) is 17.8. The van der Waals surface area contributed by atoms with Crippen LogP contribution in [-0.2, 0) is 22.9 Å². The molecule has 0 radical (unpaired) electrons. The van der Waals surface area contributed by atoms with Gasteiger partial charge in [-0.2, -0.15) is 0 Å². The lowest BCUT2D eigenvalue weighted by Gasteiger charge is -2.18. The molecule has 0 unspecified atom stereocenters. The first-order chi connectivity index (χ1) is 15.9. The average molecular weight is 465 g/mol. The summed E-state index contributed by atoms with van der Waals surface area (Å²) in [5, 5.41) is 20.5. The Labute approximate surface area is 191 Å². The molecule has 1 aromatic heterocycles. The lowest BCUT2D eigenvalue weighted by atomic mass is 10.0. The minimum atomic E-state index is -3.99. The number of aliphatic hydroxyl groups excluding tert-OH is 1. The van der Waals surface area contributed by atoms with Crippen molar-refractivity contribution >= 4 is 20.9 Å². The Morgan fingerprint density at radius 1 is 1.06 bits per heavy atom. The van der Waals surface area contributed by atoms with E-state index in [2.05, 4.69) is 9.71 Å². The highest BCUT2D eigenvalue weighted by molar-refractivity contribution is 7.89. The van der Waals surface area contributed by atoms with Gasteiger partial charge in [-0.05, 0) is 59.0 Å². The molecule has 0 fully saturated rings. The van der Waals surface area contributed by atoms with E-state index in [-0.39, 0.29) is 17.3 Å². The molecular weight excluding hydrogens is 440 g/mol. The van der Waals surface area contributed by atoms with Crippen LogP contribution in [0.5, 0.6) is 11.5 Å². The van der Waals surface area contributed by atoms with Crippen LogP contribution in [0.15, 0.2) is 71.8 Å². The Balaban J connectivity index is 1.48. The fourth-order valence-corrected chi connectivity index (χ4v) is 5.72. The van der Waals surface area contributed by atoms with E-state index < -0.39 is 16.1 Å². The number of nitrogens with one attached hydrogen (secondary N) is 2. The normalized spacial score (nSPS) is 14.2. The quantitative estimate of drug-likeness (QED) is 0.335. The molecule has 4 N–H and O–H groups in total. The van der Waals surface area contributed by atoms with Gasteiger partial charge in [-0.25, -0.2) is 13.1 Å². The third kappa shape index (κ3) is 4.20. The van der Waals surface area contributed by atoms with Crippen molar-refractivity contribution in [2.24, 2.45) is 0 Å². The maximum atomic E-state index is 13.4. The summed E-state index contributed by atoms with van der Waals surface area (Å²) in [4.78, 5) is 3.23. The van der Waals surface area contributed by atoms with E-state index in [1.807, 2.05) is 36.5 Å². The van der Waals surface area contributed by atoms with Crippen molar-refractivity contribution in [2.75, 3.05) is 13.2 Å². The molecule has 33 heavy (non-hydrogen) atoms. The van der Waals surface area contributed by atoms with Gasteiger partial charge in [0, 0.05) is 29.6 Å². The standard InChI is InChI=1S/C25H24N2O5S/c28-15-20(12-19-14-26-23-4-2-1-3-22(19)23)27-33(30,31)24-13-18(11-17-9-10-32-25(17)24)16-5-7-21(29)8-6-16/h1-8,11,13-14,20,26-29H,9-10,12,15H2/t20-/m1/s1. The van der Waals surface area contributed by atoms with Gasteiger partial charge in [0.05, 0.1) is 13.2 Å². The maximum Gasteiger partial charge on any atom is 0.244 e. The molecule has 1 aliphatic rings. The van der Waals surface area contributed by atoms with Crippen molar-refractivity contribution in [2.45, 2.75) is 23.8 Å². The highest BCUT2D eigenvalue weighted by Crippen LogP contribution is 2.37. The summed E-state index contributed by atoms with van der Waals surface area (Å²) >= 11 is 0. The first-order valence-corrected chi connectivity index (χ1v) is 12.2. The molecule has 2 heterocycles. The predicted molar refractivity (Wildman–Crippen MR) is 126 cm³/mol. The van der Waals surface area contributed by atoms with E-state index in [1.165, 1.54) is 0 Å². The summed E-state index contributed by atoms with van der Waals surface area (Å²) in [5.41, 5.74) is 4.21. The van der Waals surface area contributed by atoms with Gasteiger partial charge in [0.15, 0.2) is 0 Å². The molecule has 4 aromatic rings. The van der Waals surface area contributed by atoms with Crippen LogP contribution in [0.25, 0.3) is 22.0 Å². The van der Waals surface area contributed by atoms with Crippen molar-refractivity contribution < 1.29 is 23.4 Å². The van der Waals surface area contributed by atoms with Crippen LogP contribution in [0.2, 0.25) is 0 Å². The summed E-state index contributed by atoms with van der Waals surface area (Å²) in [7, 11) is -3.99. The molecule has 1 aliphatic heterocycles. The van der Waals surface area contributed by atoms with E-state index in [9.17, 15) is 18.6 Å². The fourth-order valence-electron chi connectivity index (χ4n) is 4.29. The highest BCUT2D eigenvalue weighted by Gasteiger charge is 2.29. The lowest BCUT2D eigenvalue weighted by Crippen LogP contribution is -2.39. The van der Waals surface area contributed by atoms with Gasteiger partial charge in [0.2, 0.25) is 10.0 Å². The number of sulfonamides is 1. The molecule has 0 saturated heterocycles. The van der Waals surface area contributed by atoms with E-state index >= 15 is 0 Å². The number of phenols is 1. The first-order valence-electron chi connectivity index (χ1n) is 10.7. The summed E-state index contributed by atoms with van der Waals surface area (Å²) < 4.78 is 35.2. The minimum absolute atomic E-state index is 0.0537. The average Bonchev–Trinajstić information content (AvgIpc) is 3.45. The van der Waals surface area contributed by atoms with E-state index in [0.717, 1.165) is 33.2 Å². The minimum Gasteiger partial charge on any atom is -0.508 e. The SMILES string of the molecule is O=S(=O)(N[C@@H](CO)Cc1c[nH]c2ccccc12)c1cc(-c2ccc(O)cc2)cc2c1OCC2. The Kier molecular flexibility index (Phi) is 5.57. The number of ether oxygens (including phenoxy) is 1. The molecule has 5 rings (SSSR count). The number of benzene rings is 3. The van der Waals surface area contributed by atoms with Crippen LogP contribution in [0, 0.1) is 0 Å². The second kappa shape index (κ2) is 8.55. The third-order valence-corrected chi connectivity index (χ3v) is 7.45. The molecular formula is C25H24N2O5S. The molecule has 1 atom stereocenters. The zero-order chi connectivity index (χ0) is 23.0. The summed E-state index contributed by atoms with van der Waals surface area (Å²) in [6, 6.07) is 17.2. The zero-order valence-corrected chi connectivity index (χ0v) is 18.6. The van der Waals surface area contributed by atoms with Crippen molar-refractivity contribution in [1.29, 1.82) is 0 Å². The third-order valence-electron chi connectivity index (χ3n) is 5.92. The Bertz CT molecular complexity index is 1410. The summed E-state index contributed by atoms with van der Waals surface area (Å²) in [5.74, 6) is 0.495. The van der Waals surface area contributed by atoms with E-state index in [1.54, 1.807) is 30.3 Å². The Morgan fingerprint density at radius 2 is 1.85 bits per heavy atom. The molecule has 170 valence electrons. The predicted octanol–water partition coefficient (Wildman–Crippen LogP) is 3.36. The van der Waals surface area contributed by atoms with Gasteiger partial charge >= 0.3 is 0 Å². The molecule has 8 heteroatoms. The van der Waals surface area contributed by atoms with Crippen LogP contribution < -0.4 is 9.46 Å². The maximum absolute atomic E-state index is 13.4. The van der Waals surface area contributed by atoms with Gasteiger partial charge in [-0.1, -0.05) is 30.3 Å². The number of hydrogen-bond donors (Lipinski definition) is 4. The monoisotopic (exact) mass is 464 g/mol. The molecule has 3 aromatic carbocycles. The topological polar surface area (TPSA) is 112 Å². The van der Waals surface area contributed by atoms with Crippen molar-refractivity contribution in [3.63, 3.8) is 0 Å². The number of hydrogen-bond acceptors (Lipinski definition) is 5. The summed E-state index contributed by atoms with van der Waals surface area (Å²) in [6.45, 7) is 0.0646. The number of aromatic nitrogens is 1. The Morgan fingerprint density at radius 3 is 2.64 bits per heavy atom. The van der Waals surface area contributed by atoms with Gasteiger partial charge < -0.3 is 19.9 Å². The fraction of sp³-hybridized carbons (Fsp3) is 0.200. The van der Waals surface area contributed by atoms with Crippen LogP contribution >= 0.6 is 0 Å². The molecule has 0 spiro atoms. The number of aliphatic hydroxyl groups is 1. The van der Waals surface area contributed by atoms with Crippen LogP contribution in [0.1, 0.15) is 11.1 Å². The second-order valence-corrected chi connectivity index (χ2v) is 9.85. The molecule has 7 nitrogen and oxygen atoms in total. The molecule has 0 aliphatic carbocycles. The molecule has 0 bridgehead atoms. The van der Waals surface area contributed by atoms with E-state index in [0.29, 0.717) is 25.2 Å². The smallest absolute Gasteiger partial charge is 0.244 e. The van der Waals surface area contributed by atoms with Crippen LogP contribution in [0.3, 0.4) is 0 Å². The number of aromatic hydroxyl groups is 1. The van der Waals surface area contributed by atoms with Gasteiger partial charge in [0.1, 0.15) is 16.4 Å². The number of aromatic amines is 1. The molecule has 0 saturated carbocycles. The highest BCUT2D eigenvalue weighted by atomic mass is 32.2. The number of fused-ring (bicyclic) bond motifs is 2. The van der Waals surface area contributed by atoms with Gasteiger partial charge in [-0.3, -0.25) is 0 Å². The van der Waals surface area contributed by atoms with Gasteiger partial charge in [-0.15, -0.1) is 0 Å². The van der Waals surface area contributed by atoms with Crippen molar-refractivity contribution in [1.82, 2.24) is 9.71 Å². The second-order valence-electron chi connectivity index (χ2n) is 8.17. The summed E-state index contributed by atoms with van der Waals surface area (Å²) in [6.07, 6.45) is 2.79. The largest absolute Gasteiger partial charge is 0.508 e. The van der Waals surface area contributed by atoms with Crippen LogP contribution in [0.4, 0.5) is 0 Å². The van der Waals surface area contributed by atoms with Gasteiger partial charge in [0.25, 0.3) is 0 Å². The number of para-hydroxylation sites is 1. The van der Waals surface area contributed by atoms with Crippen LogP contribution in [-0.4, -0.2) is 42.9 Å². The van der Waals surface area contributed by atoms with E-state index in [4.69, 9.17) is 4.74 Å². The first kappa shape index (κ1) is 21.5. The van der Waals surface area contributed by atoms with Crippen molar-refractivity contribution in [3.8, 4) is 22.6 Å². The number of H-pyrrole nitrogens is 1. The lowest BCUT2D eigenvalue weighted by molar-refractivity contribution is 0.256. The number of rotatable bonds is 7. The Hall–Kier alpha value is -3.33. The number of phenolic OH excluding ortho intramolecular Hbond substituents is 1. The molecule has 0 amide bonds. The van der Waals surface area contributed by atoms with Crippen molar-refractivity contribution in [3.05, 3.63) is 78.0 Å².